The van der Waals surface area contributed by atoms with Crippen molar-refractivity contribution in [1.82, 2.24) is 14.8 Å². The molecule has 5 nitrogen and oxygen atoms in total. The van der Waals surface area contributed by atoms with Gasteiger partial charge in [0.1, 0.15) is 5.03 Å². The van der Waals surface area contributed by atoms with Gasteiger partial charge < -0.3 is 4.98 Å². The van der Waals surface area contributed by atoms with Crippen molar-refractivity contribution in [1.29, 1.82) is 0 Å². The third-order valence-electron chi connectivity index (χ3n) is 6.13. The van der Waals surface area contributed by atoms with E-state index in [1.807, 2.05) is 63.2 Å². The summed E-state index contributed by atoms with van der Waals surface area (Å²) in [7, 11) is -1.22. The number of rotatable bonds is 5. The summed E-state index contributed by atoms with van der Waals surface area (Å²) < 4.78 is 14.1. The highest BCUT2D eigenvalue weighted by Crippen LogP contribution is 2.37. The first-order chi connectivity index (χ1) is 15.3. The summed E-state index contributed by atoms with van der Waals surface area (Å²) in [4.78, 5) is 16.4. The van der Waals surface area contributed by atoms with Crippen LogP contribution in [-0.4, -0.2) is 31.1 Å². The molecule has 0 bridgehead atoms. The van der Waals surface area contributed by atoms with Gasteiger partial charge in [-0.15, -0.1) is 0 Å². The Balaban J connectivity index is 1.89. The molecule has 0 saturated heterocycles. The average Bonchev–Trinajstić information content (AvgIpc) is 3.28. The van der Waals surface area contributed by atoms with E-state index in [0.29, 0.717) is 5.03 Å². The molecule has 0 spiro atoms. The molecule has 0 aliphatic rings. The van der Waals surface area contributed by atoms with Crippen molar-refractivity contribution in [2.45, 2.75) is 38.6 Å². The second-order valence-corrected chi connectivity index (χ2v) is 9.42. The van der Waals surface area contributed by atoms with Gasteiger partial charge in [-0.25, -0.2) is 4.68 Å². The van der Waals surface area contributed by atoms with E-state index < -0.39 is 10.8 Å². The van der Waals surface area contributed by atoms with Crippen molar-refractivity contribution < 1.29 is 9.00 Å². The minimum absolute atomic E-state index is 0.198. The average molecular weight is 446 g/mol. The number of nitrogens with zero attached hydrogens (tertiary/aromatic N) is 2. The van der Waals surface area contributed by atoms with Crippen LogP contribution in [0.4, 0.5) is 0 Å². The van der Waals surface area contributed by atoms with Gasteiger partial charge in [0.05, 0.1) is 16.5 Å². The first-order valence-electron chi connectivity index (χ1n) is 10.5. The highest BCUT2D eigenvalue weighted by molar-refractivity contribution is 7.84. The summed E-state index contributed by atoms with van der Waals surface area (Å²) in [6.07, 6.45) is 5.17. The molecule has 164 valence electrons. The second kappa shape index (κ2) is 8.71. The Morgan fingerprint density at radius 2 is 1.75 bits per heavy atom. The van der Waals surface area contributed by atoms with E-state index in [-0.39, 0.29) is 11.8 Å². The molecule has 0 amide bonds. The summed E-state index contributed by atoms with van der Waals surface area (Å²) in [5, 5.41) is 6.08. The number of hydrogen-bond acceptors (Lipinski definition) is 3. The van der Waals surface area contributed by atoms with Crippen LogP contribution >= 0.6 is 0 Å². The summed E-state index contributed by atoms with van der Waals surface area (Å²) >= 11 is 0. The van der Waals surface area contributed by atoms with Gasteiger partial charge in [-0.05, 0) is 50.5 Å². The lowest BCUT2D eigenvalue weighted by Crippen LogP contribution is -2.12. The number of nitrogens with one attached hydrogen (secondary N) is 1. The Morgan fingerprint density at radius 3 is 2.41 bits per heavy atom. The van der Waals surface area contributed by atoms with Gasteiger partial charge in [0.15, 0.2) is 0 Å². The number of aromatic nitrogens is 3. The minimum Gasteiger partial charge on any atom is -0.347 e. The van der Waals surface area contributed by atoms with E-state index in [1.54, 1.807) is 12.3 Å². The van der Waals surface area contributed by atoms with E-state index in [2.05, 4.69) is 29.1 Å². The normalized spacial score (nSPS) is 13.7. The molecule has 0 unspecified atom stereocenters. The monoisotopic (exact) mass is 445 g/mol. The number of para-hydroxylation sites is 1. The number of carbonyl (C=O) groups excluding carboxylic acids is 1. The van der Waals surface area contributed by atoms with Gasteiger partial charge in [0.25, 0.3) is 5.91 Å². The Labute approximate surface area is 190 Å². The van der Waals surface area contributed by atoms with Crippen molar-refractivity contribution >= 4 is 27.6 Å². The van der Waals surface area contributed by atoms with E-state index in [1.165, 1.54) is 4.68 Å². The largest absolute Gasteiger partial charge is 0.347 e. The molecule has 2 heterocycles. The topological polar surface area (TPSA) is 67.8 Å². The third-order valence-corrected chi connectivity index (χ3v) is 7.02. The highest BCUT2D eigenvalue weighted by atomic mass is 32.2. The Bertz CT molecular complexity index is 1380. The van der Waals surface area contributed by atoms with Gasteiger partial charge in [0, 0.05) is 40.4 Å². The Kier molecular flexibility index (Phi) is 5.98. The minimum atomic E-state index is -1.22. The molecular weight excluding hydrogens is 418 g/mol. The van der Waals surface area contributed by atoms with E-state index in [0.717, 1.165) is 44.5 Å². The third kappa shape index (κ3) is 3.86. The van der Waals surface area contributed by atoms with Crippen molar-refractivity contribution in [3.63, 3.8) is 0 Å². The van der Waals surface area contributed by atoms with Crippen LogP contribution in [0.1, 0.15) is 44.4 Å². The van der Waals surface area contributed by atoms with Crippen LogP contribution < -0.4 is 0 Å². The van der Waals surface area contributed by atoms with Crippen molar-refractivity contribution in [2.75, 3.05) is 6.26 Å². The molecule has 0 fully saturated rings. The molecule has 0 radical (unpaired) electrons. The summed E-state index contributed by atoms with van der Waals surface area (Å²) in [6.45, 7) is 7.83. The Hall–Kier alpha value is -3.25. The van der Waals surface area contributed by atoms with Crippen LogP contribution in [0.15, 0.2) is 65.7 Å². The molecule has 4 aromatic rings. The molecule has 2 aromatic carbocycles. The molecular formula is C26H27N3O2S. The smallest absolute Gasteiger partial charge is 0.270 e. The summed E-state index contributed by atoms with van der Waals surface area (Å²) in [5.41, 5.74) is 6.74. The summed E-state index contributed by atoms with van der Waals surface area (Å²) in [5.74, 6) is -0.440. The first kappa shape index (κ1) is 22.0. The van der Waals surface area contributed by atoms with Crippen LogP contribution in [0.2, 0.25) is 0 Å². The molecule has 32 heavy (non-hydrogen) atoms. The van der Waals surface area contributed by atoms with Crippen LogP contribution in [0.5, 0.6) is 0 Å². The number of benzene rings is 2. The van der Waals surface area contributed by atoms with E-state index in [9.17, 15) is 9.00 Å². The zero-order valence-electron chi connectivity index (χ0n) is 19.0. The maximum Gasteiger partial charge on any atom is 0.270 e. The molecule has 0 aliphatic heterocycles. The Morgan fingerprint density at radius 1 is 1.06 bits per heavy atom. The number of hydrogen-bond donors (Lipinski definition) is 1. The zero-order valence-corrected chi connectivity index (χ0v) is 19.8. The fraction of sp³-hybridized carbons (Fsp3) is 0.231. The lowest BCUT2D eigenvalue weighted by Gasteiger charge is -2.17. The molecule has 6 heteroatoms. The fourth-order valence-electron chi connectivity index (χ4n) is 4.15. The molecule has 2 aromatic heterocycles. The number of carbonyl (C=O) groups is 1. The predicted octanol–water partition coefficient (Wildman–Crippen LogP) is 5.36. The van der Waals surface area contributed by atoms with Crippen LogP contribution in [0.3, 0.4) is 0 Å². The van der Waals surface area contributed by atoms with Gasteiger partial charge in [-0.3, -0.25) is 9.00 Å². The maximum absolute atomic E-state index is 13.0. The number of fused-ring (bicyclic) bond motifs is 1. The number of aryl methyl sites for hydroxylation is 2. The quantitative estimate of drug-likeness (QED) is 0.420. The van der Waals surface area contributed by atoms with Crippen LogP contribution in [-0.2, 0) is 10.8 Å². The lowest BCUT2D eigenvalue weighted by molar-refractivity contribution is 0.0951. The SMILES string of the molecule is Cc1ccccc1[C@@H](/C=C/C(=O)n1nc(C)c(C)c1C)c1c([S@](C)=O)[nH]c2ccccc12. The lowest BCUT2D eigenvalue weighted by atomic mass is 9.88. The van der Waals surface area contributed by atoms with E-state index >= 15 is 0 Å². The van der Waals surface area contributed by atoms with Crippen LogP contribution in [0.25, 0.3) is 10.9 Å². The molecule has 4 rings (SSSR count). The second-order valence-electron chi connectivity index (χ2n) is 8.11. The highest BCUT2D eigenvalue weighted by Gasteiger charge is 2.24. The van der Waals surface area contributed by atoms with Gasteiger partial charge in [-0.1, -0.05) is 48.5 Å². The number of H-pyrrole nitrogens is 1. The van der Waals surface area contributed by atoms with Gasteiger partial charge in [-0.2, -0.15) is 5.10 Å². The van der Waals surface area contributed by atoms with Crippen molar-refractivity contribution in [3.8, 4) is 0 Å². The summed E-state index contributed by atoms with van der Waals surface area (Å²) in [6, 6.07) is 16.1. The van der Waals surface area contributed by atoms with Gasteiger partial charge >= 0.3 is 0 Å². The van der Waals surface area contributed by atoms with Crippen molar-refractivity contribution in [2.24, 2.45) is 0 Å². The van der Waals surface area contributed by atoms with Gasteiger partial charge in [0.2, 0.25) is 0 Å². The zero-order chi connectivity index (χ0) is 23.0. The van der Waals surface area contributed by atoms with Crippen molar-refractivity contribution in [3.05, 3.63) is 94.3 Å². The van der Waals surface area contributed by atoms with E-state index in [4.69, 9.17) is 0 Å². The standard InChI is InChI=1S/C26H27N3O2S/c1-16-10-6-7-11-20(16)21(14-15-24(30)29-19(4)17(2)18(3)28-29)25-22-12-8-9-13-23(22)27-26(25)32(5)31/h6-15,21,27H,1-5H3/b15-14+/t21-,32+/m1/s1. The molecule has 0 saturated carbocycles. The number of allylic oxidation sites excluding steroid dienone is 2. The first-order valence-corrected chi connectivity index (χ1v) is 12.1. The predicted molar refractivity (Wildman–Crippen MR) is 130 cm³/mol. The molecule has 2 atom stereocenters. The fourth-order valence-corrected chi connectivity index (χ4v) is 4.95. The molecule has 1 N–H and O–H groups in total. The number of aromatic amines is 1. The maximum atomic E-state index is 13.0. The van der Waals surface area contributed by atoms with Crippen LogP contribution in [0, 0.1) is 27.7 Å². The molecule has 0 aliphatic carbocycles.